The van der Waals surface area contributed by atoms with Crippen molar-refractivity contribution in [2.75, 3.05) is 0 Å². The molecule has 0 aliphatic rings. The Balaban J connectivity index is 2.94. The summed E-state index contributed by atoms with van der Waals surface area (Å²) in [5.41, 5.74) is -5.65. The van der Waals surface area contributed by atoms with Crippen molar-refractivity contribution >= 4 is 28.6 Å². The number of esters is 1. The lowest BCUT2D eigenvalue weighted by Crippen LogP contribution is -2.71. The standard InChI is InChI=1S/C11H6F6IO3/c12-10(13,14)9(20,11(15,16)17)8(19)21-5-6-2-1-3-7(18)4-6/h1-4H,5H2/q-1. The van der Waals surface area contributed by atoms with Gasteiger partial charge in [0.2, 0.25) is 0 Å². The summed E-state index contributed by atoms with van der Waals surface area (Å²) in [6, 6.07) is 5.77. The van der Waals surface area contributed by atoms with Crippen LogP contribution in [-0.4, -0.2) is 23.9 Å². The van der Waals surface area contributed by atoms with E-state index in [-0.39, 0.29) is 5.56 Å². The van der Waals surface area contributed by atoms with Crippen LogP contribution in [0.3, 0.4) is 0 Å². The number of hydrogen-bond acceptors (Lipinski definition) is 3. The molecule has 0 aromatic heterocycles. The summed E-state index contributed by atoms with van der Waals surface area (Å²) in [5, 5.41) is 11.0. The molecule has 1 aromatic rings. The van der Waals surface area contributed by atoms with Crippen LogP contribution in [0.2, 0.25) is 0 Å². The van der Waals surface area contributed by atoms with Crippen molar-refractivity contribution in [3.63, 3.8) is 0 Å². The maximum Gasteiger partial charge on any atom is 0.399 e. The lowest BCUT2D eigenvalue weighted by Gasteiger charge is -2.40. The Bertz CT molecular complexity index is 511. The minimum Gasteiger partial charge on any atom is -0.828 e. The summed E-state index contributed by atoms with van der Waals surface area (Å²) in [4.78, 5) is 11.0. The average molecular weight is 427 g/mol. The third kappa shape index (κ3) is 3.78. The average Bonchev–Trinajstić information content (AvgIpc) is 2.32. The predicted octanol–water partition coefficient (Wildman–Crippen LogP) is 2.56. The first-order valence-electron chi connectivity index (χ1n) is 5.15. The number of alkyl halides is 6. The van der Waals surface area contributed by atoms with Crippen LogP contribution in [0.1, 0.15) is 5.56 Å². The maximum absolute atomic E-state index is 12.3. The quantitative estimate of drug-likeness (QED) is 0.424. The molecule has 0 spiro atoms. The van der Waals surface area contributed by atoms with E-state index in [9.17, 15) is 36.2 Å². The molecule has 10 heteroatoms. The van der Waals surface area contributed by atoms with Gasteiger partial charge in [0.1, 0.15) is 6.61 Å². The Morgan fingerprint density at radius 1 is 1.14 bits per heavy atom. The van der Waals surface area contributed by atoms with Gasteiger partial charge in [0.25, 0.3) is 0 Å². The van der Waals surface area contributed by atoms with Gasteiger partial charge in [0.05, 0.1) is 0 Å². The third-order valence-electron chi connectivity index (χ3n) is 2.34. The summed E-state index contributed by atoms with van der Waals surface area (Å²) in [6.07, 6.45) is -12.7. The molecule has 0 N–H and O–H groups in total. The topological polar surface area (TPSA) is 49.4 Å². The maximum atomic E-state index is 12.3. The first-order chi connectivity index (χ1) is 9.39. The molecular formula is C11H6F6IO3-. The van der Waals surface area contributed by atoms with E-state index in [4.69, 9.17) is 0 Å². The minimum absolute atomic E-state index is 0.155. The van der Waals surface area contributed by atoms with Crippen LogP contribution in [0.5, 0.6) is 0 Å². The highest BCUT2D eigenvalue weighted by molar-refractivity contribution is 14.1. The summed E-state index contributed by atoms with van der Waals surface area (Å²) in [7, 11) is 0. The van der Waals surface area contributed by atoms with Crippen molar-refractivity contribution < 1.29 is 41.0 Å². The van der Waals surface area contributed by atoms with Crippen molar-refractivity contribution in [2.24, 2.45) is 0 Å². The van der Waals surface area contributed by atoms with Gasteiger partial charge in [0, 0.05) is 3.57 Å². The van der Waals surface area contributed by atoms with Gasteiger partial charge in [-0.05, 0) is 40.3 Å². The molecule has 1 aromatic carbocycles. The van der Waals surface area contributed by atoms with Crippen LogP contribution >= 0.6 is 22.6 Å². The predicted molar refractivity (Wildman–Crippen MR) is 63.8 cm³/mol. The van der Waals surface area contributed by atoms with Crippen LogP contribution in [0.15, 0.2) is 24.3 Å². The largest absolute Gasteiger partial charge is 0.828 e. The van der Waals surface area contributed by atoms with E-state index >= 15 is 0 Å². The number of carbonyl (C=O) groups excluding carboxylic acids is 1. The second-order valence-corrected chi connectivity index (χ2v) is 5.13. The van der Waals surface area contributed by atoms with Crippen molar-refractivity contribution in [3.8, 4) is 0 Å². The smallest absolute Gasteiger partial charge is 0.399 e. The molecular weight excluding hydrogens is 421 g/mol. The lowest BCUT2D eigenvalue weighted by atomic mass is 10.0. The monoisotopic (exact) mass is 427 g/mol. The molecule has 0 unspecified atom stereocenters. The van der Waals surface area contributed by atoms with Crippen LogP contribution in [-0.2, 0) is 16.1 Å². The SMILES string of the molecule is O=C(OCc1cccc(I)c1)C([O-])(C(F)(F)F)C(F)(F)F. The van der Waals surface area contributed by atoms with E-state index in [1.807, 2.05) is 22.6 Å². The Hall–Kier alpha value is -1.04. The first kappa shape index (κ1) is 18.0. The Labute approximate surface area is 128 Å². The normalized spacial score (nSPS) is 13.1. The Morgan fingerprint density at radius 2 is 1.67 bits per heavy atom. The van der Waals surface area contributed by atoms with Crippen molar-refractivity contribution in [1.29, 1.82) is 0 Å². The van der Waals surface area contributed by atoms with Gasteiger partial charge in [-0.2, -0.15) is 26.3 Å². The number of benzene rings is 1. The number of rotatable bonds is 3. The van der Waals surface area contributed by atoms with Gasteiger partial charge in [-0.15, -0.1) is 0 Å². The molecule has 118 valence electrons. The summed E-state index contributed by atoms with van der Waals surface area (Å²) in [6.45, 7) is -0.869. The molecule has 0 aliphatic heterocycles. The molecule has 21 heavy (non-hydrogen) atoms. The molecule has 0 saturated carbocycles. The Morgan fingerprint density at radius 3 is 2.10 bits per heavy atom. The van der Waals surface area contributed by atoms with E-state index in [2.05, 4.69) is 4.74 Å². The van der Waals surface area contributed by atoms with Crippen molar-refractivity contribution in [3.05, 3.63) is 33.4 Å². The van der Waals surface area contributed by atoms with E-state index < -0.39 is 30.5 Å². The molecule has 0 aliphatic carbocycles. The highest BCUT2D eigenvalue weighted by atomic mass is 127. The van der Waals surface area contributed by atoms with Crippen LogP contribution in [0, 0.1) is 3.57 Å². The van der Waals surface area contributed by atoms with Gasteiger partial charge < -0.3 is 9.84 Å². The summed E-state index contributed by atoms with van der Waals surface area (Å²) < 4.78 is 78.4. The van der Waals surface area contributed by atoms with Gasteiger partial charge in [-0.1, -0.05) is 12.1 Å². The fourth-order valence-corrected chi connectivity index (χ4v) is 1.88. The van der Waals surface area contributed by atoms with Crippen molar-refractivity contribution in [2.45, 2.75) is 24.6 Å². The zero-order valence-electron chi connectivity index (χ0n) is 9.89. The number of ether oxygens (including phenoxy) is 1. The van der Waals surface area contributed by atoms with Crippen LogP contribution < -0.4 is 5.11 Å². The molecule has 0 saturated heterocycles. The summed E-state index contributed by atoms with van der Waals surface area (Å²) in [5.74, 6) is -2.93. The number of halogens is 7. The second kappa shape index (κ2) is 5.99. The van der Waals surface area contributed by atoms with E-state index in [0.29, 0.717) is 3.57 Å². The fourth-order valence-electron chi connectivity index (χ4n) is 1.27. The highest BCUT2D eigenvalue weighted by Crippen LogP contribution is 2.41. The highest BCUT2D eigenvalue weighted by Gasteiger charge is 2.68. The minimum atomic E-state index is -6.35. The van der Waals surface area contributed by atoms with E-state index in [1.54, 1.807) is 6.07 Å². The second-order valence-electron chi connectivity index (χ2n) is 3.88. The molecule has 3 nitrogen and oxygen atoms in total. The number of hydrogen-bond donors (Lipinski definition) is 0. The molecule has 0 fully saturated rings. The van der Waals surface area contributed by atoms with E-state index in [1.165, 1.54) is 18.2 Å². The fraction of sp³-hybridized carbons (Fsp3) is 0.364. The van der Waals surface area contributed by atoms with Crippen LogP contribution in [0.4, 0.5) is 26.3 Å². The summed E-state index contributed by atoms with van der Waals surface area (Å²) >= 11 is 1.84. The molecule has 1 rings (SSSR count). The first-order valence-corrected chi connectivity index (χ1v) is 6.23. The molecule has 0 amide bonds. The van der Waals surface area contributed by atoms with E-state index in [0.717, 1.165) is 0 Å². The third-order valence-corrected chi connectivity index (χ3v) is 3.02. The van der Waals surface area contributed by atoms with Gasteiger partial charge in [0.15, 0.2) is 5.60 Å². The zero-order chi connectivity index (χ0) is 16.5. The van der Waals surface area contributed by atoms with Gasteiger partial charge in [-0.25, -0.2) is 0 Å². The van der Waals surface area contributed by atoms with Crippen LogP contribution in [0.25, 0.3) is 0 Å². The van der Waals surface area contributed by atoms with Gasteiger partial charge in [-0.3, -0.25) is 4.79 Å². The number of carbonyl (C=O) groups is 1. The molecule has 0 bridgehead atoms. The zero-order valence-corrected chi connectivity index (χ0v) is 12.0. The molecule has 0 atom stereocenters. The van der Waals surface area contributed by atoms with Gasteiger partial charge >= 0.3 is 18.3 Å². The molecule has 0 radical (unpaired) electrons. The molecule has 0 heterocycles. The Kier molecular flexibility index (Phi) is 5.13. The lowest BCUT2D eigenvalue weighted by molar-refractivity contribution is -0.574. The van der Waals surface area contributed by atoms with Crippen molar-refractivity contribution in [1.82, 2.24) is 0 Å².